The fourth-order valence-corrected chi connectivity index (χ4v) is 3.92. The monoisotopic (exact) mass is 319 g/mol. The van der Waals surface area contributed by atoms with Crippen LogP contribution in [-0.2, 0) is 11.2 Å². The lowest BCUT2D eigenvalue weighted by Gasteiger charge is -2.30. The van der Waals surface area contributed by atoms with Gasteiger partial charge in [0.2, 0.25) is 11.8 Å². The van der Waals surface area contributed by atoms with Gasteiger partial charge in [0.25, 0.3) is 0 Å². The van der Waals surface area contributed by atoms with Crippen LogP contribution in [0, 0.1) is 5.92 Å². The number of likely N-dealkylation sites (tertiary alicyclic amines) is 1. The third-order valence-corrected chi connectivity index (χ3v) is 5.40. The lowest BCUT2D eigenvalue weighted by Crippen LogP contribution is -2.38. The van der Waals surface area contributed by atoms with Crippen LogP contribution in [0.1, 0.15) is 82.3 Å². The van der Waals surface area contributed by atoms with Crippen molar-refractivity contribution in [3.8, 4) is 0 Å². The Hall–Kier alpha value is -1.39. The van der Waals surface area contributed by atoms with Crippen molar-refractivity contribution in [2.24, 2.45) is 5.92 Å². The molecule has 1 saturated heterocycles. The van der Waals surface area contributed by atoms with E-state index in [2.05, 4.69) is 17.1 Å². The van der Waals surface area contributed by atoms with E-state index in [-0.39, 0.29) is 0 Å². The maximum Gasteiger partial charge on any atom is 0.229 e. The van der Waals surface area contributed by atoms with Crippen molar-refractivity contribution >= 4 is 5.91 Å². The van der Waals surface area contributed by atoms with Gasteiger partial charge in [0.1, 0.15) is 0 Å². The van der Waals surface area contributed by atoms with Crippen LogP contribution >= 0.6 is 0 Å². The van der Waals surface area contributed by atoms with Gasteiger partial charge in [-0.3, -0.25) is 4.79 Å². The smallest absolute Gasteiger partial charge is 0.229 e. The van der Waals surface area contributed by atoms with Gasteiger partial charge in [-0.15, -0.1) is 0 Å². The van der Waals surface area contributed by atoms with Gasteiger partial charge in [-0.25, -0.2) is 0 Å². The van der Waals surface area contributed by atoms with Gasteiger partial charge in [0.15, 0.2) is 5.82 Å². The second-order valence-electron chi connectivity index (χ2n) is 7.14. The van der Waals surface area contributed by atoms with Gasteiger partial charge in [0.05, 0.1) is 0 Å². The third kappa shape index (κ3) is 4.33. The Morgan fingerprint density at radius 1 is 1.22 bits per heavy atom. The van der Waals surface area contributed by atoms with Crippen LogP contribution in [0.2, 0.25) is 0 Å². The third-order valence-electron chi connectivity index (χ3n) is 5.40. The van der Waals surface area contributed by atoms with Crippen molar-refractivity contribution in [3.63, 3.8) is 0 Å². The van der Waals surface area contributed by atoms with Crippen molar-refractivity contribution in [1.29, 1.82) is 0 Å². The predicted molar refractivity (Wildman–Crippen MR) is 88.0 cm³/mol. The molecule has 1 aromatic rings. The molecule has 1 amide bonds. The van der Waals surface area contributed by atoms with E-state index in [1.807, 2.05) is 4.90 Å². The summed E-state index contributed by atoms with van der Waals surface area (Å²) in [5, 5.41) is 4.04. The second-order valence-corrected chi connectivity index (χ2v) is 7.14. The molecule has 1 aliphatic heterocycles. The van der Waals surface area contributed by atoms with Crippen molar-refractivity contribution in [3.05, 3.63) is 11.7 Å². The predicted octanol–water partition coefficient (Wildman–Crippen LogP) is 3.70. The van der Waals surface area contributed by atoms with E-state index in [0.29, 0.717) is 11.8 Å². The van der Waals surface area contributed by atoms with Crippen molar-refractivity contribution in [2.75, 3.05) is 13.1 Å². The first kappa shape index (κ1) is 16.5. The molecule has 1 saturated carbocycles. The van der Waals surface area contributed by atoms with Crippen molar-refractivity contribution in [2.45, 2.75) is 77.0 Å². The average Bonchev–Trinajstić information content (AvgIpc) is 3.25. The van der Waals surface area contributed by atoms with E-state index >= 15 is 0 Å². The molecule has 0 radical (unpaired) electrons. The standard InChI is InChI=1S/C18H29N3O2/c1-2-5-16-19-18(23-20-16)15-10-12-21(13-11-15)17(22)9-8-14-6-3-4-7-14/h14-15H,2-13H2,1H3. The first-order valence-electron chi connectivity index (χ1n) is 9.36. The van der Waals surface area contributed by atoms with E-state index in [9.17, 15) is 4.79 Å². The summed E-state index contributed by atoms with van der Waals surface area (Å²) in [6, 6.07) is 0. The Kier molecular flexibility index (Phi) is 5.68. The molecule has 128 valence electrons. The Morgan fingerprint density at radius 2 is 1.96 bits per heavy atom. The number of rotatable bonds is 6. The lowest BCUT2D eigenvalue weighted by atomic mass is 9.95. The van der Waals surface area contributed by atoms with Crippen molar-refractivity contribution < 1.29 is 9.32 Å². The molecule has 1 aliphatic carbocycles. The Bertz CT molecular complexity index is 500. The topological polar surface area (TPSA) is 59.2 Å². The zero-order chi connectivity index (χ0) is 16.1. The molecule has 5 heteroatoms. The van der Waals surface area contributed by atoms with Crippen LogP contribution in [0.15, 0.2) is 4.52 Å². The van der Waals surface area contributed by atoms with Gasteiger partial charge >= 0.3 is 0 Å². The number of amides is 1. The summed E-state index contributed by atoms with van der Waals surface area (Å²) in [6.07, 6.45) is 11.0. The van der Waals surface area contributed by atoms with E-state index in [1.165, 1.54) is 25.7 Å². The Morgan fingerprint density at radius 3 is 2.65 bits per heavy atom. The molecule has 5 nitrogen and oxygen atoms in total. The molecule has 23 heavy (non-hydrogen) atoms. The van der Waals surface area contributed by atoms with Crippen LogP contribution in [0.5, 0.6) is 0 Å². The van der Waals surface area contributed by atoms with Gasteiger partial charge in [-0.2, -0.15) is 4.98 Å². The molecule has 0 aromatic carbocycles. The number of carbonyl (C=O) groups is 1. The number of piperidine rings is 1. The minimum atomic E-state index is 0.326. The number of nitrogens with zero attached hydrogens (tertiary/aromatic N) is 3. The largest absolute Gasteiger partial charge is 0.343 e. The number of hydrogen-bond donors (Lipinski definition) is 0. The molecular formula is C18H29N3O2. The normalized spacial score (nSPS) is 20.3. The molecule has 3 rings (SSSR count). The maximum atomic E-state index is 12.4. The van der Waals surface area contributed by atoms with E-state index in [1.54, 1.807) is 0 Å². The highest BCUT2D eigenvalue weighted by Crippen LogP contribution is 2.30. The highest BCUT2D eigenvalue weighted by atomic mass is 16.5. The molecule has 2 fully saturated rings. The molecule has 0 unspecified atom stereocenters. The summed E-state index contributed by atoms with van der Waals surface area (Å²) in [7, 11) is 0. The van der Waals surface area contributed by atoms with Crippen LogP contribution in [0.25, 0.3) is 0 Å². The second kappa shape index (κ2) is 7.93. The fourth-order valence-electron chi connectivity index (χ4n) is 3.92. The molecule has 1 aromatic heterocycles. The van der Waals surface area contributed by atoms with Crippen LogP contribution in [0.4, 0.5) is 0 Å². The van der Waals surface area contributed by atoms with Crippen LogP contribution < -0.4 is 0 Å². The SMILES string of the molecule is CCCc1noc(C2CCN(C(=O)CCC3CCCC3)CC2)n1. The van der Waals surface area contributed by atoms with E-state index < -0.39 is 0 Å². The summed E-state index contributed by atoms with van der Waals surface area (Å²) in [6.45, 7) is 3.78. The zero-order valence-electron chi connectivity index (χ0n) is 14.3. The zero-order valence-corrected chi connectivity index (χ0v) is 14.3. The number of hydrogen-bond acceptors (Lipinski definition) is 4. The molecule has 0 N–H and O–H groups in total. The minimum Gasteiger partial charge on any atom is -0.343 e. The van der Waals surface area contributed by atoms with E-state index in [4.69, 9.17) is 4.52 Å². The summed E-state index contributed by atoms with van der Waals surface area (Å²) in [5.41, 5.74) is 0. The molecule has 2 aliphatic rings. The number of aryl methyl sites for hydroxylation is 1. The molecule has 0 spiro atoms. The average molecular weight is 319 g/mol. The van der Waals surface area contributed by atoms with E-state index in [0.717, 1.165) is 69.2 Å². The molecular weight excluding hydrogens is 290 g/mol. The molecule has 0 bridgehead atoms. The fraction of sp³-hybridized carbons (Fsp3) is 0.833. The lowest BCUT2D eigenvalue weighted by molar-refractivity contribution is -0.132. The minimum absolute atomic E-state index is 0.326. The maximum absolute atomic E-state index is 12.4. The van der Waals surface area contributed by atoms with Gasteiger partial charge in [-0.05, 0) is 31.6 Å². The van der Waals surface area contributed by atoms with Gasteiger partial charge in [-0.1, -0.05) is 37.8 Å². The summed E-state index contributed by atoms with van der Waals surface area (Å²) in [5.74, 6) is 3.05. The van der Waals surface area contributed by atoms with Crippen molar-refractivity contribution in [1.82, 2.24) is 15.0 Å². The quantitative estimate of drug-likeness (QED) is 0.802. The summed E-state index contributed by atoms with van der Waals surface area (Å²) >= 11 is 0. The van der Waals surface area contributed by atoms with Gasteiger partial charge in [0, 0.05) is 31.8 Å². The highest BCUT2D eigenvalue weighted by molar-refractivity contribution is 5.76. The number of aromatic nitrogens is 2. The summed E-state index contributed by atoms with van der Waals surface area (Å²) in [4.78, 5) is 18.9. The molecule has 2 heterocycles. The van der Waals surface area contributed by atoms with Gasteiger partial charge < -0.3 is 9.42 Å². The first-order valence-corrected chi connectivity index (χ1v) is 9.36. The Labute approximate surface area is 138 Å². The highest BCUT2D eigenvalue weighted by Gasteiger charge is 2.27. The number of carbonyl (C=O) groups excluding carboxylic acids is 1. The Balaban J connectivity index is 1.42. The van der Waals surface area contributed by atoms with Crippen LogP contribution in [0.3, 0.4) is 0 Å². The summed E-state index contributed by atoms with van der Waals surface area (Å²) < 4.78 is 5.40. The first-order chi connectivity index (χ1) is 11.3. The van der Waals surface area contributed by atoms with Crippen LogP contribution in [-0.4, -0.2) is 34.0 Å². The molecule has 0 atom stereocenters.